The van der Waals surface area contributed by atoms with E-state index in [1.807, 2.05) is 51.1 Å². The molecule has 3 rings (SSSR count). The van der Waals surface area contributed by atoms with Crippen LogP contribution in [0.1, 0.15) is 53.5 Å². The minimum Gasteiger partial charge on any atom is -0.465 e. The van der Waals surface area contributed by atoms with E-state index >= 15 is 0 Å². The van der Waals surface area contributed by atoms with Gasteiger partial charge in [-0.15, -0.1) is 0 Å². The number of nitrogens with one attached hydrogen (secondary N) is 1. The molecule has 0 aliphatic carbocycles. The van der Waals surface area contributed by atoms with E-state index in [0.29, 0.717) is 19.6 Å². The highest BCUT2D eigenvalue weighted by atomic mass is 28.4. The number of benzene rings is 3. The van der Waals surface area contributed by atoms with E-state index in [9.17, 15) is 9.90 Å². The van der Waals surface area contributed by atoms with Crippen molar-refractivity contribution in [3.05, 3.63) is 96.6 Å². The summed E-state index contributed by atoms with van der Waals surface area (Å²) in [5, 5.41) is 16.0. The molecule has 6 heteroatoms. The summed E-state index contributed by atoms with van der Waals surface area (Å²) < 4.78 is 7.18. The summed E-state index contributed by atoms with van der Waals surface area (Å²) >= 11 is 0. The minimum absolute atomic E-state index is 0.179. The predicted molar refractivity (Wildman–Crippen MR) is 160 cm³/mol. The van der Waals surface area contributed by atoms with Gasteiger partial charge in [-0.2, -0.15) is 0 Å². The Balaban J connectivity index is 1.94. The summed E-state index contributed by atoms with van der Waals surface area (Å²) in [7, 11) is -2.79. The lowest BCUT2D eigenvalue weighted by Gasteiger charge is -2.46. The van der Waals surface area contributed by atoms with Crippen LogP contribution in [0.2, 0.25) is 5.04 Å². The maximum absolute atomic E-state index is 12.6. The van der Waals surface area contributed by atoms with E-state index < -0.39 is 19.9 Å². The van der Waals surface area contributed by atoms with Crippen LogP contribution in [-0.2, 0) is 11.0 Å². The molecule has 1 amide bonds. The fraction of sp³-hybridized carbons (Fsp3) is 0.406. The van der Waals surface area contributed by atoms with Gasteiger partial charge in [-0.1, -0.05) is 112 Å². The summed E-state index contributed by atoms with van der Waals surface area (Å²) in [5.41, 5.74) is 0.642. The third kappa shape index (κ3) is 7.13. The van der Waals surface area contributed by atoms with E-state index in [1.54, 1.807) is 4.90 Å². The highest BCUT2D eigenvalue weighted by molar-refractivity contribution is 6.99. The van der Waals surface area contributed by atoms with Gasteiger partial charge in [0.25, 0.3) is 8.32 Å². The third-order valence-corrected chi connectivity index (χ3v) is 12.0. The average molecular weight is 533 g/mol. The molecule has 1 atom stereocenters. The maximum Gasteiger partial charge on any atom is 0.408 e. The lowest BCUT2D eigenvalue weighted by molar-refractivity contribution is 0.0462. The molecule has 5 nitrogen and oxygen atoms in total. The second-order valence-corrected chi connectivity index (χ2v) is 16.2. The topological polar surface area (TPSA) is 61.8 Å². The van der Waals surface area contributed by atoms with Crippen molar-refractivity contribution in [1.29, 1.82) is 0 Å². The van der Waals surface area contributed by atoms with Gasteiger partial charge in [0.2, 0.25) is 0 Å². The Morgan fingerprint density at radius 3 is 1.74 bits per heavy atom. The fourth-order valence-electron chi connectivity index (χ4n) is 5.36. The molecule has 3 aromatic carbocycles. The maximum atomic E-state index is 12.6. The zero-order chi connectivity index (χ0) is 27.8. The second-order valence-electron chi connectivity index (χ2n) is 11.9. The van der Waals surface area contributed by atoms with Crippen molar-refractivity contribution < 1.29 is 14.3 Å². The molecule has 1 unspecified atom stereocenters. The molecule has 3 aromatic rings. The molecule has 0 aromatic heterocycles. The summed E-state index contributed by atoms with van der Waals surface area (Å²) in [5.74, 6) is 0. The van der Waals surface area contributed by atoms with Gasteiger partial charge in [-0.05, 0) is 54.7 Å². The van der Waals surface area contributed by atoms with Gasteiger partial charge in [0.1, 0.15) is 0 Å². The average Bonchev–Trinajstić information content (AvgIpc) is 2.87. The molecule has 38 heavy (non-hydrogen) atoms. The third-order valence-electron chi connectivity index (χ3n) is 7.03. The van der Waals surface area contributed by atoms with Crippen LogP contribution in [0.3, 0.4) is 0 Å². The van der Waals surface area contributed by atoms with Gasteiger partial charge in [-0.25, -0.2) is 4.79 Å². The van der Waals surface area contributed by atoms with Gasteiger partial charge in [0.15, 0.2) is 0 Å². The largest absolute Gasteiger partial charge is 0.465 e. The Hall–Kier alpha value is -2.93. The highest BCUT2D eigenvalue weighted by Crippen LogP contribution is 2.37. The molecule has 0 heterocycles. The lowest BCUT2D eigenvalue weighted by Crippen LogP contribution is -2.68. The van der Waals surface area contributed by atoms with Crippen molar-refractivity contribution >= 4 is 24.8 Å². The van der Waals surface area contributed by atoms with Gasteiger partial charge < -0.3 is 14.8 Å². The Morgan fingerprint density at radius 1 is 0.842 bits per heavy atom. The zero-order valence-corrected chi connectivity index (χ0v) is 24.8. The van der Waals surface area contributed by atoms with Crippen molar-refractivity contribution in [1.82, 2.24) is 10.2 Å². The van der Waals surface area contributed by atoms with Gasteiger partial charge in [0, 0.05) is 12.1 Å². The SMILES string of the molecule is CC(C)(C)N(C(=O)O)C(CCNCc1ccccc1)CO[Si](c1ccccc1)(c1ccccc1)C(C)(C)C. The Bertz CT molecular complexity index is 1090. The fourth-order valence-corrected chi connectivity index (χ4v) is 9.96. The molecular weight excluding hydrogens is 488 g/mol. The van der Waals surface area contributed by atoms with Crippen LogP contribution < -0.4 is 15.7 Å². The Labute approximate surface area is 230 Å². The Kier molecular flexibility index (Phi) is 9.93. The highest BCUT2D eigenvalue weighted by Gasteiger charge is 2.51. The number of nitrogens with zero attached hydrogens (tertiary/aromatic N) is 1. The molecule has 204 valence electrons. The Morgan fingerprint density at radius 2 is 1.32 bits per heavy atom. The molecule has 0 aliphatic rings. The van der Waals surface area contributed by atoms with Crippen molar-refractivity contribution in [3.8, 4) is 0 Å². The molecule has 0 saturated carbocycles. The first-order chi connectivity index (χ1) is 18.0. The first-order valence-electron chi connectivity index (χ1n) is 13.5. The van der Waals surface area contributed by atoms with Crippen LogP contribution in [0.5, 0.6) is 0 Å². The number of rotatable bonds is 11. The summed E-state index contributed by atoms with van der Waals surface area (Å²) in [6.07, 6.45) is -0.272. The molecular formula is C32H44N2O3Si. The first-order valence-corrected chi connectivity index (χ1v) is 15.4. The number of hydrogen-bond acceptors (Lipinski definition) is 3. The summed E-state index contributed by atoms with van der Waals surface area (Å²) in [4.78, 5) is 14.1. The normalized spacial score (nSPS) is 13.2. The van der Waals surface area contributed by atoms with Crippen LogP contribution in [0.15, 0.2) is 91.0 Å². The minimum atomic E-state index is -2.79. The van der Waals surface area contributed by atoms with Crippen molar-refractivity contribution in [2.24, 2.45) is 0 Å². The van der Waals surface area contributed by atoms with Crippen LogP contribution >= 0.6 is 0 Å². The van der Waals surface area contributed by atoms with Crippen molar-refractivity contribution in [2.45, 2.75) is 71.1 Å². The number of amides is 1. The van der Waals surface area contributed by atoms with E-state index in [0.717, 1.165) is 6.54 Å². The standard InChI is InChI=1S/C32H44N2O3Si/c1-31(2,3)34(30(35)36)27(22-23-33-24-26-16-10-7-11-17-26)25-37-38(32(4,5)6,28-18-12-8-13-19-28)29-20-14-9-15-21-29/h7-21,27,33H,22-25H2,1-6H3,(H,35,36). The zero-order valence-electron chi connectivity index (χ0n) is 23.8. The molecule has 0 bridgehead atoms. The molecule has 0 fully saturated rings. The van der Waals surface area contributed by atoms with E-state index in [2.05, 4.69) is 86.8 Å². The van der Waals surface area contributed by atoms with E-state index in [4.69, 9.17) is 4.43 Å². The molecule has 0 radical (unpaired) electrons. The van der Waals surface area contributed by atoms with E-state index in [1.165, 1.54) is 15.9 Å². The first kappa shape index (κ1) is 29.6. The van der Waals surface area contributed by atoms with E-state index in [-0.39, 0.29) is 11.1 Å². The summed E-state index contributed by atoms with van der Waals surface area (Å²) in [6.45, 7) is 14.3. The number of carboxylic acid groups (broad SMARTS) is 1. The van der Waals surface area contributed by atoms with Gasteiger partial charge >= 0.3 is 6.09 Å². The molecule has 0 spiro atoms. The molecule has 2 N–H and O–H groups in total. The van der Waals surface area contributed by atoms with Crippen molar-refractivity contribution in [3.63, 3.8) is 0 Å². The van der Waals surface area contributed by atoms with Gasteiger partial charge in [0.05, 0.1) is 12.6 Å². The van der Waals surface area contributed by atoms with Crippen LogP contribution in [0.4, 0.5) is 4.79 Å². The van der Waals surface area contributed by atoms with Crippen LogP contribution in [0, 0.1) is 0 Å². The second kappa shape index (κ2) is 12.7. The van der Waals surface area contributed by atoms with Gasteiger partial charge in [-0.3, -0.25) is 4.90 Å². The quantitative estimate of drug-likeness (QED) is 0.239. The lowest BCUT2D eigenvalue weighted by atomic mass is 10.0. The summed E-state index contributed by atoms with van der Waals surface area (Å²) in [6, 6.07) is 30.9. The van der Waals surface area contributed by atoms with Crippen molar-refractivity contribution in [2.75, 3.05) is 13.2 Å². The number of carbonyl (C=O) groups is 1. The van der Waals surface area contributed by atoms with Crippen LogP contribution in [-0.4, -0.2) is 49.1 Å². The monoisotopic (exact) mass is 532 g/mol. The number of hydrogen-bond donors (Lipinski definition) is 2. The van der Waals surface area contributed by atoms with Crippen LogP contribution in [0.25, 0.3) is 0 Å². The molecule has 0 saturated heterocycles. The molecule has 0 aliphatic heterocycles. The predicted octanol–water partition coefficient (Wildman–Crippen LogP) is 5.89. The smallest absolute Gasteiger partial charge is 0.408 e.